The van der Waals surface area contributed by atoms with E-state index in [0.717, 1.165) is 41.3 Å². The number of halogens is 1. The zero-order valence-electron chi connectivity index (χ0n) is 12.3. The van der Waals surface area contributed by atoms with Gasteiger partial charge in [-0.05, 0) is 56.4 Å². The monoisotopic (exact) mass is 359 g/mol. The third kappa shape index (κ3) is 2.95. The highest BCUT2D eigenvalue weighted by Crippen LogP contribution is 2.31. The molecule has 2 rings (SSSR count). The van der Waals surface area contributed by atoms with Crippen LogP contribution in [0, 0.1) is 13.8 Å². The number of sulfonamides is 1. The van der Waals surface area contributed by atoms with Crippen LogP contribution in [0.3, 0.4) is 0 Å². The molecule has 1 aromatic carbocycles. The lowest BCUT2D eigenvalue weighted by atomic mass is 10.0. The Labute approximate surface area is 130 Å². The van der Waals surface area contributed by atoms with Gasteiger partial charge in [-0.25, -0.2) is 8.42 Å². The highest BCUT2D eigenvalue weighted by atomic mass is 79.9. The van der Waals surface area contributed by atoms with Crippen LogP contribution in [-0.4, -0.2) is 25.3 Å². The van der Waals surface area contributed by atoms with Crippen LogP contribution in [0.2, 0.25) is 0 Å². The van der Waals surface area contributed by atoms with Crippen molar-refractivity contribution in [3.8, 4) is 0 Å². The van der Waals surface area contributed by atoms with Crippen LogP contribution >= 0.6 is 15.9 Å². The molecule has 5 heteroatoms. The SMILES string of the molecule is CC[C@H]1CCCCN1S(=O)(=O)c1cc(C)c(Br)cc1C. The van der Waals surface area contributed by atoms with Gasteiger partial charge in [-0.1, -0.05) is 29.3 Å². The lowest BCUT2D eigenvalue weighted by Crippen LogP contribution is -2.43. The number of piperidine rings is 1. The average molecular weight is 360 g/mol. The van der Waals surface area contributed by atoms with Gasteiger partial charge < -0.3 is 0 Å². The molecule has 0 aliphatic carbocycles. The Balaban J connectivity index is 2.46. The first-order valence-corrected chi connectivity index (χ1v) is 9.39. The fourth-order valence-corrected chi connectivity index (χ4v) is 5.38. The quantitative estimate of drug-likeness (QED) is 0.817. The first-order valence-electron chi connectivity index (χ1n) is 7.16. The fraction of sp³-hybridized carbons (Fsp3) is 0.600. The van der Waals surface area contributed by atoms with Crippen LogP contribution < -0.4 is 0 Å². The molecule has 0 bridgehead atoms. The lowest BCUT2D eigenvalue weighted by molar-refractivity contribution is 0.246. The van der Waals surface area contributed by atoms with E-state index in [2.05, 4.69) is 22.9 Å². The Morgan fingerprint density at radius 3 is 2.60 bits per heavy atom. The molecule has 0 spiro atoms. The smallest absolute Gasteiger partial charge is 0.207 e. The third-order valence-electron chi connectivity index (χ3n) is 4.09. The molecule has 1 saturated heterocycles. The number of nitrogens with zero attached hydrogens (tertiary/aromatic N) is 1. The van der Waals surface area contributed by atoms with Gasteiger partial charge in [-0.3, -0.25) is 0 Å². The van der Waals surface area contributed by atoms with Crippen molar-refractivity contribution in [2.24, 2.45) is 0 Å². The van der Waals surface area contributed by atoms with Gasteiger partial charge in [0.15, 0.2) is 0 Å². The molecule has 1 atom stereocenters. The Morgan fingerprint density at radius 1 is 1.25 bits per heavy atom. The van der Waals surface area contributed by atoms with E-state index >= 15 is 0 Å². The fourth-order valence-electron chi connectivity index (χ4n) is 2.86. The van der Waals surface area contributed by atoms with Crippen molar-refractivity contribution >= 4 is 26.0 Å². The molecular formula is C15H22BrNO2S. The van der Waals surface area contributed by atoms with Gasteiger partial charge >= 0.3 is 0 Å². The summed E-state index contributed by atoms with van der Waals surface area (Å²) in [6.07, 6.45) is 3.95. The zero-order chi connectivity index (χ0) is 14.9. The minimum Gasteiger partial charge on any atom is -0.207 e. The van der Waals surface area contributed by atoms with Crippen molar-refractivity contribution < 1.29 is 8.42 Å². The molecule has 1 fully saturated rings. The number of hydrogen-bond donors (Lipinski definition) is 0. The van der Waals surface area contributed by atoms with E-state index < -0.39 is 10.0 Å². The van der Waals surface area contributed by atoms with Gasteiger partial charge in [-0.15, -0.1) is 0 Å². The molecule has 1 aromatic rings. The van der Waals surface area contributed by atoms with Crippen molar-refractivity contribution in [1.82, 2.24) is 4.31 Å². The summed E-state index contributed by atoms with van der Waals surface area (Å²) < 4.78 is 28.6. The summed E-state index contributed by atoms with van der Waals surface area (Å²) in [4.78, 5) is 0.457. The van der Waals surface area contributed by atoms with Gasteiger partial charge in [0.05, 0.1) is 4.90 Å². The van der Waals surface area contributed by atoms with Crippen LogP contribution in [0.1, 0.15) is 43.7 Å². The van der Waals surface area contributed by atoms with Crippen LogP contribution in [-0.2, 0) is 10.0 Å². The number of rotatable bonds is 3. The predicted molar refractivity (Wildman–Crippen MR) is 85.4 cm³/mol. The minimum absolute atomic E-state index is 0.150. The predicted octanol–water partition coefficient (Wildman–Crippen LogP) is 4.02. The minimum atomic E-state index is -3.38. The van der Waals surface area contributed by atoms with Gasteiger partial charge in [0.2, 0.25) is 10.0 Å². The largest absolute Gasteiger partial charge is 0.243 e. The standard InChI is InChI=1S/C15H22BrNO2S/c1-4-13-7-5-6-8-17(13)20(18,19)15-10-11(2)14(16)9-12(15)3/h9-10,13H,4-8H2,1-3H3/t13-/m0/s1. The second-order valence-electron chi connectivity index (χ2n) is 5.54. The summed E-state index contributed by atoms with van der Waals surface area (Å²) in [6, 6.07) is 3.83. The van der Waals surface area contributed by atoms with Gasteiger partial charge in [-0.2, -0.15) is 4.31 Å². The highest BCUT2D eigenvalue weighted by Gasteiger charge is 2.33. The topological polar surface area (TPSA) is 37.4 Å². The summed E-state index contributed by atoms with van der Waals surface area (Å²) in [5.74, 6) is 0. The number of aryl methyl sites for hydroxylation is 2. The summed E-state index contributed by atoms with van der Waals surface area (Å²) in [6.45, 7) is 6.51. The summed E-state index contributed by atoms with van der Waals surface area (Å²) in [5, 5.41) is 0. The molecule has 112 valence electrons. The molecule has 0 radical (unpaired) electrons. The van der Waals surface area contributed by atoms with Crippen LogP contribution in [0.4, 0.5) is 0 Å². The molecule has 1 aliphatic heterocycles. The van der Waals surface area contributed by atoms with Gasteiger partial charge in [0.25, 0.3) is 0 Å². The van der Waals surface area contributed by atoms with Crippen molar-refractivity contribution in [3.63, 3.8) is 0 Å². The van der Waals surface area contributed by atoms with E-state index in [0.29, 0.717) is 11.4 Å². The maximum Gasteiger partial charge on any atom is 0.243 e. The average Bonchev–Trinajstić information content (AvgIpc) is 2.42. The van der Waals surface area contributed by atoms with Crippen molar-refractivity contribution in [2.45, 2.75) is 57.4 Å². The van der Waals surface area contributed by atoms with Gasteiger partial charge in [0.1, 0.15) is 0 Å². The van der Waals surface area contributed by atoms with Gasteiger partial charge in [0, 0.05) is 17.1 Å². The Hall–Kier alpha value is -0.390. The Bertz CT molecular complexity index is 598. The van der Waals surface area contributed by atoms with Crippen molar-refractivity contribution in [1.29, 1.82) is 0 Å². The molecule has 0 N–H and O–H groups in total. The van der Waals surface area contributed by atoms with E-state index in [9.17, 15) is 8.42 Å². The maximum atomic E-state index is 13.0. The normalized spacial score (nSPS) is 21.1. The molecule has 1 heterocycles. The van der Waals surface area contributed by atoms with Crippen molar-refractivity contribution in [3.05, 3.63) is 27.7 Å². The second kappa shape index (κ2) is 6.16. The molecular weight excluding hydrogens is 338 g/mol. The molecule has 3 nitrogen and oxygen atoms in total. The molecule has 0 saturated carbocycles. The van der Waals surface area contributed by atoms with Crippen LogP contribution in [0.5, 0.6) is 0 Å². The van der Waals surface area contributed by atoms with E-state index in [4.69, 9.17) is 0 Å². The summed E-state index contributed by atoms with van der Waals surface area (Å²) >= 11 is 3.46. The van der Waals surface area contributed by atoms with E-state index in [1.807, 2.05) is 19.9 Å². The second-order valence-corrected chi connectivity index (χ2v) is 8.25. The molecule has 0 unspecified atom stereocenters. The van der Waals surface area contributed by atoms with Crippen LogP contribution in [0.25, 0.3) is 0 Å². The lowest BCUT2D eigenvalue weighted by Gasteiger charge is -2.34. The van der Waals surface area contributed by atoms with Crippen molar-refractivity contribution in [2.75, 3.05) is 6.54 Å². The molecule has 0 amide bonds. The number of hydrogen-bond acceptors (Lipinski definition) is 2. The molecule has 1 aliphatic rings. The van der Waals surface area contributed by atoms with E-state index in [1.165, 1.54) is 0 Å². The number of benzene rings is 1. The molecule has 0 aromatic heterocycles. The Kier molecular flexibility index (Phi) is 4.92. The first kappa shape index (κ1) is 16.0. The molecule has 20 heavy (non-hydrogen) atoms. The van der Waals surface area contributed by atoms with E-state index in [1.54, 1.807) is 10.4 Å². The van der Waals surface area contributed by atoms with Crippen LogP contribution in [0.15, 0.2) is 21.5 Å². The maximum absolute atomic E-state index is 13.0. The zero-order valence-corrected chi connectivity index (χ0v) is 14.7. The first-order chi connectivity index (χ1) is 9.37. The van der Waals surface area contributed by atoms with E-state index in [-0.39, 0.29) is 6.04 Å². The summed E-state index contributed by atoms with van der Waals surface area (Å²) in [7, 11) is -3.38. The third-order valence-corrected chi connectivity index (χ3v) is 7.04. The Morgan fingerprint density at radius 2 is 1.95 bits per heavy atom. The highest BCUT2D eigenvalue weighted by molar-refractivity contribution is 9.10. The summed E-state index contributed by atoms with van der Waals surface area (Å²) in [5.41, 5.74) is 1.77.